The van der Waals surface area contributed by atoms with E-state index in [0.29, 0.717) is 34.4 Å². The Balaban J connectivity index is 1.06. The van der Waals surface area contributed by atoms with Gasteiger partial charge in [0.25, 0.3) is 5.79 Å². The van der Waals surface area contributed by atoms with Gasteiger partial charge in [-0.2, -0.15) is 13.2 Å². The summed E-state index contributed by atoms with van der Waals surface area (Å²) in [6.07, 6.45) is 2.61. The molecule has 1 saturated heterocycles. The number of para-hydroxylation sites is 1. The zero-order valence-corrected chi connectivity index (χ0v) is 25.8. The van der Waals surface area contributed by atoms with Crippen LogP contribution in [0.4, 0.5) is 17.6 Å². The lowest BCUT2D eigenvalue weighted by molar-refractivity contribution is -0.144. The van der Waals surface area contributed by atoms with Crippen molar-refractivity contribution >= 4 is 11.6 Å². The molecule has 1 saturated carbocycles. The van der Waals surface area contributed by atoms with Crippen molar-refractivity contribution < 1.29 is 31.8 Å². The third kappa shape index (κ3) is 6.12. The second-order valence-electron chi connectivity index (χ2n) is 12.2. The summed E-state index contributed by atoms with van der Waals surface area (Å²) in [4.78, 5) is 9.18. The Labute approximate surface area is 268 Å². The molecule has 1 N–H and O–H groups in total. The van der Waals surface area contributed by atoms with Gasteiger partial charge in [0.1, 0.15) is 11.6 Å². The highest BCUT2D eigenvalue weighted by Crippen LogP contribution is 2.50. The highest BCUT2D eigenvalue weighted by molar-refractivity contribution is 6.30. The second-order valence-corrected chi connectivity index (χ2v) is 12.6. The van der Waals surface area contributed by atoms with Gasteiger partial charge in [-0.3, -0.25) is 9.88 Å². The van der Waals surface area contributed by atoms with Crippen LogP contribution in [0.25, 0.3) is 11.4 Å². The van der Waals surface area contributed by atoms with Gasteiger partial charge in [0.2, 0.25) is 5.82 Å². The van der Waals surface area contributed by atoms with Gasteiger partial charge in [0, 0.05) is 35.8 Å². The number of pyridine rings is 1. The number of aromatic amines is 1. The summed E-state index contributed by atoms with van der Waals surface area (Å²) >= 11 is 5.96. The van der Waals surface area contributed by atoms with Crippen molar-refractivity contribution in [2.24, 2.45) is 0 Å². The van der Waals surface area contributed by atoms with Gasteiger partial charge in [-0.25, -0.2) is 4.39 Å². The Bertz CT molecular complexity index is 1740. The molecule has 3 aliphatic rings. The number of alkyl halides is 3. The van der Waals surface area contributed by atoms with Gasteiger partial charge in [0.15, 0.2) is 17.3 Å². The van der Waals surface area contributed by atoms with E-state index < -0.39 is 23.6 Å². The molecule has 13 heteroatoms. The predicted molar refractivity (Wildman–Crippen MR) is 161 cm³/mol. The molecule has 2 aromatic carbocycles. The van der Waals surface area contributed by atoms with E-state index in [1.165, 1.54) is 12.3 Å². The van der Waals surface area contributed by atoms with Crippen LogP contribution >= 0.6 is 11.6 Å². The number of likely N-dealkylation sites (tertiary alicyclic amines) is 1. The summed E-state index contributed by atoms with van der Waals surface area (Å²) in [6.45, 7) is 3.79. The minimum atomic E-state index is -4.62. The maximum absolute atomic E-state index is 14.8. The lowest BCUT2D eigenvalue weighted by Crippen LogP contribution is -2.34. The first-order valence-electron chi connectivity index (χ1n) is 15.4. The maximum atomic E-state index is 14.8. The Kier molecular flexibility index (Phi) is 8.04. The lowest BCUT2D eigenvalue weighted by Gasteiger charge is -2.33. The number of halogens is 5. The topological polar surface area (TPSA) is 85.4 Å². The monoisotopic (exact) mass is 657 g/mol. The number of fused-ring (bicyclic) bond motifs is 1. The molecule has 0 radical (unpaired) electrons. The highest BCUT2D eigenvalue weighted by atomic mass is 35.5. The molecule has 4 heterocycles. The van der Waals surface area contributed by atoms with Gasteiger partial charge in [-0.1, -0.05) is 23.7 Å². The van der Waals surface area contributed by atoms with Gasteiger partial charge in [-0.05, 0) is 87.9 Å². The molecule has 7 rings (SSSR count). The summed E-state index contributed by atoms with van der Waals surface area (Å²) in [6, 6.07) is 11.9. The molecule has 1 atom stereocenters. The van der Waals surface area contributed by atoms with Crippen LogP contribution in [0.3, 0.4) is 0 Å². The molecule has 242 valence electrons. The first-order chi connectivity index (χ1) is 22.1. The van der Waals surface area contributed by atoms with Crippen LogP contribution in [0.15, 0.2) is 48.7 Å². The van der Waals surface area contributed by atoms with Crippen molar-refractivity contribution in [2.45, 2.75) is 76.0 Å². The van der Waals surface area contributed by atoms with Gasteiger partial charge in [-0.15, -0.1) is 10.2 Å². The van der Waals surface area contributed by atoms with Crippen LogP contribution in [-0.4, -0.2) is 44.3 Å². The van der Waals surface area contributed by atoms with E-state index in [1.54, 1.807) is 25.1 Å². The van der Waals surface area contributed by atoms with Crippen molar-refractivity contribution in [1.29, 1.82) is 0 Å². The molecule has 0 spiro atoms. The Hall–Kier alpha value is -3.90. The minimum Gasteiger partial charge on any atom is -0.488 e. The second kappa shape index (κ2) is 12.0. The Morgan fingerprint density at radius 2 is 1.83 bits per heavy atom. The fourth-order valence-electron chi connectivity index (χ4n) is 6.58. The normalized spacial score (nSPS) is 20.8. The third-order valence-corrected chi connectivity index (χ3v) is 9.22. The largest absolute Gasteiger partial charge is 0.488 e. The smallest absolute Gasteiger partial charge is 0.451 e. The standard InChI is InChI=1S/C33H32ClF4N5O3/c1-32(24-10-9-21(34)16-25(24)35)45-27-8-4-7-23(29(27)46-32)19-11-13-43(14-12-19)18-26-28(44-22-5-2-3-6-22)15-20(17-39-26)30-40-31(42-41-30)33(36,37)38/h4,7-10,15-17,19,22H,2-3,5-6,11-14,18H2,1H3,(H,40,41,42). The molecule has 46 heavy (non-hydrogen) atoms. The van der Waals surface area contributed by atoms with Gasteiger partial charge < -0.3 is 19.2 Å². The molecular formula is C33H32ClF4N5O3. The van der Waals surface area contributed by atoms with Crippen LogP contribution in [0.5, 0.6) is 17.2 Å². The van der Waals surface area contributed by atoms with Crippen molar-refractivity contribution in [2.75, 3.05) is 13.1 Å². The van der Waals surface area contributed by atoms with Crippen molar-refractivity contribution in [3.63, 3.8) is 0 Å². The van der Waals surface area contributed by atoms with Crippen LogP contribution in [0.1, 0.15) is 74.0 Å². The number of nitrogens with zero attached hydrogens (tertiary/aromatic N) is 4. The molecule has 2 aromatic heterocycles. The molecule has 2 aliphatic heterocycles. The number of H-pyrrole nitrogens is 1. The lowest BCUT2D eigenvalue weighted by atomic mass is 9.88. The Morgan fingerprint density at radius 3 is 2.54 bits per heavy atom. The van der Waals surface area contributed by atoms with E-state index in [9.17, 15) is 17.6 Å². The highest BCUT2D eigenvalue weighted by Gasteiger charge is 2.43. The molecule has 2 fully saturated rings. The fourth-order valence-corrected chi connectivity index (χ4v) is 6.74. The van der Waals surface area contributed by atoms with E-state index in [4.69, 9.17) is 25.8 Å². The van der Waals surface area contributed by atoms with E-state index in [2.05, 4.69) is 25.1 Å². The quantitative estimate of drug-likeness (QED) is 0.202. The van der Waals surface area contributed by atoms with Gasteiger partial charge in [0.05, 0.1) is 17.4 Å². The summed E-state index contributed by atoms with van der Waals surface area (Å²) in [5, 5.41) is 7.24. The predicted octanol–water partition coefficient (Wildman–Crippen LogP) is 8.02. The number of hydrogen-bond donors (Lipinski definition) is 1. The van der Waals surface area contributed by atoms with Crippen LogP contribution in [0.2, 0.25) is 5.02 Å². The van der Waals surface area contributed by atoms with Gasteiger partial charge >= 0.3 is 6.18 Å². The van der Waals surface area contributed by atoms with Crippen molar-refractivity contribution in [3.05, 3.63) is 82.1 Å². The number of aromatic nitrogens is 4. The molecule has 1 unspecified atom stereocenters. The summed E-state index contributed by atoms with van der Waals surface area (Å²) in [7, 11) is 0. The van der Waals surface area contributed by atoms with Crippen molar-refractivity contribution in [3.8, 4) is 28.6 Å². The molecule has 4 aromatic rings. The SMILES string of the molecule is CC1(c2ccc(Cl)cc2F)Oc2cccc(C3CCN(Cc4ncc(-c5nnc(C(F)(F)F)[nH]5)cc4OC4CCCC4)CC3)c2O1. The average molecular weight is 658 g/mol. The minimum absolute atomic E-state index is 0.0139. The average Bonchev–Trinajstić information content (AvgIpc) is 3.78. The van der Waals surface area contributed by atoms with Crippen LogP contribution in [0, 0.1) is 5.82 Å². The van der Waals surface area contributed by atoms with E-state index in [-0.39, 0.29) is 23.4 Å². The number of nitrogens with one attached hydrogen (secondary N) is 1. The van der Waals surface area contributed by atoms with Crippen LogP contribution < -0.4 is 14.2 Å². The van der Waals surface area contributed by atoms with Crippen LogP contribution in [-0.2, 0) is 18.5 Å². The zero-order chi connectivity index (χ0) is 32.1. The number of ether oxygens (including phenoxy) is 3. The number of benzene rings is 2. The Morgan fingerprint density at radius 1 is 1.04 bits per heavy atom. The number of piperidine rings is 1. The maximum Gasteiger partial charge on any atom is 0.451 e. The summed E-state index contributed by atoms with van der Waals surface area (Å²) < 4.78 is 73.0. The number of rotatable bonds is 7. The molecule has 0 bridgehead atoms. The van der Waals surface area contributed by atoms with E-state index in [0.717, 1.165) is 62.9 Å². The molecule has 8 nitrogen and oxygen atoms in total. The summed E-state index contributed by atoms with van der Waals surface area (Å²) in [5.41, 5.74) is 2.40. The molecular weight excluding hydrogens is 626 g/mol. The van der Waals surface area contributed by atoms with Crippen molar-refractivity contribution in [1.82, 2.24) is 25.1 Å². The molecule has 0 amide bonds. The van der Waals surface area contributed by atoms with E-state index >= 15 is 0 Å². The summed E-state index contributed by atoms with van der Waals surface area (Å²) in [5.74, 6) is -1.03. The first-order valence-corrected chi connectivity index (χ1v) is 15.8. The zero-order valence-electron chi connectivity index (χ0n) is 25.0. The van der Waals surface area contributed by atoms with E-state index in [1.807, 2.05) is 18.2 Å². The third-order valence-electron chi connectivity index (χ3n) is 8.99. The number of hydrogen-bond acceptors (Lipinski definition) is 7. The first kappa shape index (κ1) is 30.7. The molecule has 1 aliphatic carbocycles. The fraction of sp³-hybridized carbons (Fsp3) is 0.424.